The van der Waals surface area contributed by atoms with Crippen molar-refractivity contribution in [1.29, 1.82) is 0 Å². The third-order valence-corrected chi connectivity index (χ3v) is 5.91. The number of likely N-dealkylation sites (N-methyl/N-ethyl adjacent to an activating group) is 1. The molecule has 1 saturated carbocycles. The second-order valence-electron chi connectivity index (χ2n) is 8.15. The van der Waals surface area contributed by atoms with Crippen molar-refractivity contribution < 1.29 is 19.1 Å². The van der Waals surface area contributed by atoms with E-state index < -0.39 is 5.97 Å². The highest BCUT2D eigenvalue weighted by atomic mass is 19.1. The summed E-state index contributed by atoms with van der Waals surface area (Å²) in [4.78, 5) is 27.5. The number of likely N-dealkylation sites (tertiary alicyclic amines) is 1. The van der Waals surface area contributed by atoms with Crippen molar-refractivity contribution in [1.82, 2.24) is 15.1 Å². The lowest BCUT2D eigenvalue weighted by atomic mass is 10.0. The number of urea groups is 1. The number of hydrogen-bond donors (Lipinski definition) is 2. The molecule has 2 aliphatic rings. The van der Waals surface area contributed by atoms with Crippen molar-refractivity contribution in [3.8, 4) is 0 Å². The standard InChI is InChI=1S/C21H30FN3O3/c1-14-12-16(7-8-18(14)22)20(15-5-6-15)23-21(28)25-10-3-4-17(9-11-25)24(2)13-19(26)27/h7-8,12,15,17,20H,3-6,9-11,13H2,1-2H3,(H,23,28)(H,26,27). The van der Waals surface area contributed by atoms with E-state index in [0.717, 1.165) is 37.7 Å². The highest BCUT2D eigenvalue weighted by molar-refractivity contribution is 5.75. The van der Waals surface area contributed by atoms with Gasteiger partial charge in [-0.1, -0.05) is 12.1 Å². The number of amides is 2. The molecule has 2 unspecified atom stereocenters. The Morgan fingerprint density at radius 2 is 2.04 bits per heavy atom. The molecule has 1 saturated heterocycles. The van der Waals surface area contributed by atoms with Crippen molar-refractivity contribution in [2.24, 2.45) is 5.92 Å². The molecule has 1 aromatic rings. The third kappa shape index (κ3) is 5.22. The van der Waals surface area contributed by atoms with Gasteiger partial charge in [-0.05, 0) is 69.2 Å². The molecule has 0 aromatic heterocycles. The fourth-order valence-corrected chi connectivity index (χ4v) is 4.05. The smallest absolute Gasteiger partial charge is 0.317 e. The van der Waals surface area contributed by atoms with Crippen LogP contribution in [0.4, 0.5) is 9.18 Å². The summed E-state index contributed by atoms with van der Waals surface area (Å²) in [5.74, 6) is -0.646. The van der Waals surface area contributed by atoms with E-state index in [1.54, 1.807) is 13.0 Å². The largest absolute Gasteiger partial charge is 0.480 e. The number of rotatable bonds is 6. The second kappa shape index (κ2) is 8.90. The van der Waals surface area contributed by atoms with Crippen LogP contribution in [0.2, 0.25) is 0 Å². The molecule has 2 amide bonds. The number of benzene rings is 1. The van der Waals surface area contributed by atoms with Gasteiger partial charge < -0.3 is 15.3 Å². The Kier molecular flexibility index (Phi) is 6.54. The molecule has 7 heteroatoms. The molecule has 3 rings (SSSR count). The van der Waals surface area contributed by atoms with Crippen molar-refractivity contribution in [3.63, 3.8) is 0 Å². The van der Waals surface area contributed by atoms with E-state index >= 15 is 0 Å². The lowest BCUT2D eigenvalue weighted by Crippen LogP contribution is -2.43. The van der Waals surface area contributed by atoms with Crippen molar-refractivity contribution in [3.05, 3.63) is 35.1 Å². The Hall–Kier alpha value is -2.15. The maximum Gasteiger partial charge on any atom is 0.317 e. The van der Waals surface area contributed by atoms with Crippen LogP contribution < -0.4 is 5.32 Å². The summed E-state index contributed by atoms with van der Waals surface area (Å²) in [6.07, 6.45) is 4.65. The molecule has 28 heavy (non-hydrogen) atoms. The highest BCUT2D eigenvalue weighted by Crippen LogP contribution is 2.41. The van der Waals surface area contributed by atoms with E-state index in [-0.39, 0.29) is 30.5 Å². The Bertz CT molecular complexity index is 723. The molecule has 0 bridgehead atoms. The molecule has 154 valence electrons. The number of nitrogens with zero attached hydrogens (tertiary/aromatic N) is 2. The van der Waals surface area contributed by atoms with E-state index in [1.165, 1.54) is 6.07 Å². The first-order valence-corrected chi connectivity index (χ1v) is 10.1. The average molecular weight is 391 g/mol. The van der Waals surface area contributed by atoms with Gasteiger partial charge in [0.05, 0.1) is 12.6 Å². The van der Waals surface area contributed by atoms with Crippen LogP contribution in [-0.4, -0.2) is 59.6 Å². The minimum Gasteiger partial charge on any atom is -0.480 e. The lowest BCUT2D eigenvalue weighted by Gasteiger charge is -2.27. The maximum absolute atomic E-state index is 13.6. The van der Waals surface area contributed by atoms with Gasteiger partial charge in [0, 0.05) is 19.1 Å². The summed E-state index contributed by atoms with van der Waals surface area (Å²) in [5.41, 5.74) is 1.56. The summed E-state index contributed by atoms with van der Waals surface area (Å²) in [6.45, 7) is 3.04. The van der Waals surface area contributed by atoms with Gasteiger partial charge in [0.2, 0.25) is 0 Å². The molecule has 1 aliphatic carbocycles. The number of nitrogens with one attached hydrogen (secondary N) is 1. The molecule has 2 atom stereocenters. The topological polar surface area (TPSA) is 72.9 Å². The van der Waals surface area contributed by atoms with Crippen molar-refractivity contribution in [2.45, 2.75) is 51.1 Å². The van der Waals surface area contributed by atoms with Crippen LogP contribution in [0.25, 0.3) is 0 Å². The number of aryl methyl sites for hydroxylation is 1. The maximum atomic E-state index is 13.6. The monoisotopic (exact) mass is 391 g/mol. The van der Waals surface area contributed by atoms with Gasteiger partial charge in [-0.2, -0.15) is 0 Å². The number of halogens is 1. The zero-order valence-electron chi connectivity index (χ0n) is 16.7. The molecule has 6 nitrogen and oxygen atoms in total. The normalized spacial score (nSPS) is 21.3. The van der Waals surface area contributed by atoms with Gasteiger partial charge in [-0.25, -0.2) is 9.18 Å². The highest BCUT2D eigenvalue weighted by Gasteiger charge is 2.35. The van der Waals surface area contributed by atoms with Crippen LogP contribution in [0.1, 0.15) is 49.3 Å². The number of carbonyl (C=O) groups is 2. The molecular formula is C21H30FN3O3. The Balaban J connectivity index is 1.61. The first kappa shape index (κ1) is 20.6. The third-order valence-electron chi connectivity index (χ3n) is 5.91. The summed E-state index contributed by atoms with van der Waals surface area (Å²) < 4.78 is 13.6. The Morgan fingerprint density at radius 3 is 2.68 bits per heavy atom. The van der Waals surface area contributed by atoms with Crippen LogP contribution in [0.15, 0.2) is 18.2 Å². The number of carboxylic acid groups (broad SMARTS) is 1. The molecule has 2 N–H and O–H groups in total. The van der Waals surface area contributed by atoms with E-state index in [9.17, 15) is 14.0 Å². The average Bonchev–Trinajstić information content (AvgIpc) is 3.48. The van der Waals surface area contributed by atoms with Gasteiger partial charge >= 0.3 is 12.0 Å². The number of carbonyl (C=O) groups excluding carboxylic acids is 1. The molecule has 1 aromatic carbocycles. The Labute approximate surface area is 165 Å². The fraction of sp³-hybridized carbons (Fsp3) is 0.619. The molecule has 0 spiro atoms. The zero-order valence-corrected chi connectivity index (χ0v) is 16.7. The summed E-state index contributed by atoms with van der Waals surface area (Å²) in [5, 5.41) is 12.2. The minimum absolute atomic E-state index is 0.0184. The van der Waals surface area contributed by atoms with Crippen molar-refractivity contribution in [2.75, 3.05) is 26.7 Å². The predicted octanol–water partition coefficient (Wildman–Crippen LogP) is 3.17. The van der Waals surface area contributed by atoms with E-state index in [2.05, 4.69) is 5.32 Å². The first-order chi connectivity index (χ1) is 13.3. The molecular weight excluding hydrogens is 361 g/mol. The quantitative estimate of drug-likeness (QED) is 0.781. The summed E-state index contributed by atoms with van der Waals surface area (Å²) in [6, 6.07) is 5.08. The van der Waals surface area contributed by atoms with Crippen molar-refractivity contribution >= 4 is 12.0 Å². The van der Waals surface area contributed by atoms with Crippen LogP contribution >= 0.6 is 0 Å². The molecule has 1 heterocycles. The van der Waals surface area contributed by atoms with Crippen LogP contribution in [-0.2, 0) is 4.79 Å². The molecule has 0 radical (unpaired) electrons. The van der Waals surface area contributed by atoms with E-state index in [4.69, 9.17) is 5.11 Å². The molecule has 1 aliphatic heterocycles. The Morgan fingerprint density at radius 1 is 1.29 bits per heavy atom. The van der Waals surface area contributed by atoms with E-state index in [0.29, 0.717) is 24.6 Å². The number of aliphatic carboxylic acids is 1. The van der Waals surface area contributed by atoms with Gasteiger partial charge in [-0.15, -0.1) is 0 Å². The summed E-state index contributed by atoms with van der Waals surface area (Å²) >= 11 is 0. The van der Waals surface area contributed by atoms with E-state index in [1.807, 2.05) is 22.9 Å². The summed E-state index contributed by atoms with van der Waals surface area (Å²) in [7, 11) is 1.83. The van der Waals surface area contributed by atoms with Gasteiger partial charge in [-0.3, -0.25) is 9.69 Å². The predicted molar refractivity (Wildman–Crippen MR) is 105 cm³/mol. The second-order valence-corrected chi connectivity index (χ2v) is 8.15. The van der Waals surface area contributed by atoms with Crippen LogP contribution in [0, 0.1) is 18.7 Å². The zero-order chi connectivity index (χ0) is 20.3. The number of hydrogen-bond acceptors (Lipinski definition) is 3. The SMILES string of the molecule is Cc1cc(C(NC(=O)N2CCCC(N(C)CC(=O)O)CC2)C2CC2)ccc1F. The molecule has 2 fully saturated rings. The van der Waals surface area contributed by atoms with Crippen LogP contribution in [0.5, 0.6) is 0 Å². The fourth-order valence-electron chi connectivity index (χ4n) is 4.05. The number of carboxylic acids is 1. The van der Waals surface area contributed by atoms with Gasteiger partial charge in [0.1, 0.15) is 5.82 Å². The van der Waals surface area contributed by atoms with Gasteiger partial charge in [0.15, 0.2) is 0 Å². The lowest BCUT2D eigenvalue weighted by molar-refractivity contribution is -0.138. The van der Waals surface area contributed by atoms with Gasteiger partial charge in [0.25, 0.3) is 0 Å². The minimum atomic E-state index is -0.830. The first-order valence-electron chi connectivity index (χ1n) is 10.1. The van der Waals surface area contributed by atoms with Crippen LogP contribution in [0.3, 0.4) is 0 Å².